The van der Waals surface area contributed by atoms with Crippen molar-refractivity contribution in [2.24, 2.45) is 0 Å². The lowest BCUT2D eigenvalue weighted by atomic mass is 10.0. The number of anilines is 2. The van der Waals surface area contributed by atoms with Gasteiger partial charge in [0.1, 0.15) is 17.4 Å². The summed E-state index contributed by atoms with van der Waals surface area (Å²) in [5, 5.41) is 1.07. The largest absolute Gasteiger partial charge is 0.497 e. The van der Waals surface area contributed by atoms with Crippen LogP contribution in [0.4, 0.5) is 11.5 Å². The third-order valence-corrected chi connectivity index (χ3v) is 9.59. The summed E-state index contributed by atoms with van der Waals surface area (Å²) in [6.45, 7) is 3.99. The highest BCUT2D eigenvalue weighted by Crippen LogP contribution is 2.35. The Hall–Kier alpha value is -3.53. The average Bonchev–Trinajstić information content (AvgIpc) is 2.99. The van der Waals surface area contributed by atoms with Gasteiger partial charge in [0.15, 0.2) is 0 Å². The zero-order valence-corrected chi connectivity index (χ0v) is 23.0. The van der Waals surface area contributed by atoms with Gasteiger partial charge in [0.05, 0.1) is 17.5 Å². The molecule has 3 aromatic carbocycles. The quantitative estimate of drug-likeness (QED) is 0.344. The van der Waals surface area contributed by atoms with Crippen LogP contribution in [-0.4, -0.2) is 74.0 Å². The molecule has 1 fully saturated rings. The number of fused-ring (bicyclic) bond motifs is 2. The van der Waals surface area contributed by atoms with Crippen LogP contribution in [0.25, 0.3) is 10.9 Å². The number of aryl methyl sites for hydroxylation is 1. The molecule has 0 radical (unpaired) electrons. The van der Waals surface area contributed by atoms with Gasteiger partial charge in [-0.25, -0.2) is 18.4 Å². The molecular weight excluding hydrogens is 510 g/mol. The van der Waals surface area contributed by atoms with Crippen LogP contribution >= 0.6 is 0 Å². The number of hydrogen-bond acceptors (Lipinski definition) is 7. The molecule has 0 saturated carbocycles. The Labute approximate surface area is 229 Å². The maximum atomic E-state index is 13.1. The van der Waals surface area contributed by atoms with Gasteiger partial charge in [0.2, 0.25) is 10.0 Å². The van der Waals surface area contributed by atoms with E-state index in [1.165, 1.54) is 11.3 Å². The van der Waals surface area contributed by atoms with Crippen LogP contribution < -0.4 is 9.64 Å². The molecule has 1 aromatic heterocycles. The van der Waals surface area contributed by atoms with E-state index in [0.29, 0.717) is 43.2 Å². The third-order valence-electron chi connectivity index (χ3n) is 7.68. The van der Waals surface area contributed by atoms with E-state index in [9.17, 15) is 8.42 Å². The van der Waals surface area contributed by atoms with E-state index < -0.39 is 10.0 Å². The Morgan fingerprint density at radius 3 is 2.38 bits per heavy atom. The van der Waals surface area contributed by atoms with Crippen molar-refractivity contribution in [1.82, 2.24) is 19.2 Å². The van der Waals surface area contributed by atoms with Gasteiger partial charge in [-0.3, -0.25) is 0 Å². The first kappa shape index (κ1) is 25.7. The number of benzene rings is 3. The lowest BCUT2D eigenvalue weighted by Crippen LogP contribution is -2.49. The molecule has 0 amide bonds. The van der Waals surface area contributed by atoms with Gasteiger partial charge in [0.25, 0.3) is 0 Å². The molecule has 1 saturated heterocycles. The minimum absolute atomic E-state index is 0.299. The number of piperazine rings is 1. The van der Waals surface area contributed by atoms with E-state index in [-0.39, 0.29) is 0 Å². The lowest BCUT2D eigenvalue weighted by molar-refractivity contribution is 0.189. The maximum absolute atomic E-state index is 13.1. The monoisotopic (exact) mass is 543 g/mol. The van der Waals surface area contributed by atoms with E-state index in [0.717, 1.165) is 48.5 Å². The Kier molecular flexibility index (Phi) is 7.20. The van der Waals surface area contributed by atoms with Gasteiger partial charge in [-0.15, -0.1) is 0 Å². The number of para-hydroxylation sites is 2. The van der Waals surface area contributed by atoms with Crippen LogP contribution in [0.2, 0.25) is 0 Å². The molecule has 2 aliphatic heterocycles. The second-order valence-corrected chi connectivity index (χ2v) is 12.0. The summed E-state index contributed by atoms with van der Waals surface area (Å²) in [7, 11) is -1.95. The fourth-order valence-corrected chi connectivity index (χ4v) is 6.95. The molecule has 0 atom stereocenters. The second-order valence-electron chi connectivity index (χ2n) is 10.0. The highest BCUT2D eigenvalue weighted by Gasteiger charge is 2.29. The average molecular weight is 544 g/mol. The Morgan fingerprint density at radius 2 is 1.59 bits per heavy atom. The van der Waals surface area contributed by atoms with E-state index in [2.05, 4.69) is 46.2 Å². The first-order valence-electron chi connectivity index (χ1n) is 13.5. The number of nitrogens with zero attached hydrogens (tertiary/aromatic N) is 5. The highest BCUT2D eigenvalue weighted by molar-refractivity contribution is 7.89. The molecule has 9 heteroatoms. The number of rotatable bonds is 7. The molecular formula is C30H33N5O3S. The molecule has 0 bridgehead atoms. The van der Waals surface area contributed by atoms with Crippen molar-refractivity contribution < 1.29 is 13.2 Å². The molecule has 202 valence electrons. The van der Waals surface area contributed by atoms with E-state index in [1.807, 2.05) is 12.1 Å². The molecule has 4 aromatic rings. The molecule has 0 spiro atoms. The summed E-state index contributed by atoms with van der Waals surface area (Å²) in [6.07, 6.45) is 2.88. The molecule has 3 heterocycles. The number of aromatic nitrogens is 2. The van der Waals surface area contributed by atoms with Crippen LogP contribution in [0.1, 0.15) is 17.8 Å². The topological polar surface area (TPSA) is 78.9 Å². The van der Waals surface area contributed by atoms with Gasteiger partial charge in [-0.1, -0.05) is 30.3 Å². The van der Waals surface area contributed by atoms with Gasteiger partial charge in [-0.05, 0) is 60.9 Å². The van der Waals surface area contributed by atoms with Gasteiger partial charge < -0.3 is 14.5 Å². The predicted molar refractivity (Wildman–Crippen MR) is 153 cm³/mol. The van der Waals surface area contributed by atoms with Gasteiger partial charge in [-0.2, -0.15) is 4.31 Å². The Bertz CT molecular complexity index is 1570. The molecule has 8 nitrogen and oxygen atoms in total. The zero-order valence-electron chi connectivity index (χ0n) is 22.2. The smallest absolute Gasteiger partial charge is 0.243 e. The van der Waals surface area contributed by atoms with E-state index >= 15 is 0 Å². The molecule has 0 aliphatic carbocycles. The third kappa shape index (κ3) is 5.22. The number of methoxy groups -OCH3 is 1. The fourth-order valence-electron chi connectivity index (χ4n) is 5.53. The van der Waals surface area contributed by atoms with Crippen molar-refractivity contribution in [2.75, 3.05) is 51.3 Å². The number of sulfonamides is 1. The zero-order chi connectivity index (χ0) is 26.8. The molecule has 6 rings (SSSR count). The van der Waals surface area contributed by atoms with Crippen LogP contribution in [0.5, 0.6) is 5.75 Å². The fraction of sp³-hybridized carbons (Fsp3) is 0.333. The van der Waals surface area contributed by atoms with Crippen molar-refractivity contribution in [2.45, 2.75) is 24.2 Å². The summed E-state index contributed by atoms with van der Waals surface area (Å²) in [5.74, 6) is 2.43. The highest BCUT2D eigenvalue weighted by atomic mass is 32.2. The molecule has 0 N–H and O–H groups in total. The van der Waals surface area contributed by atoms with Gasteiger partial charge in [0, 0.05) is 56.8 Å². The number of ether oxygens (including phenoxy) is 1. The number of hydrogen-bond donors (Lipinski definition) is 0. The van der Waals surface area contributed by atoms with Crippen LogP contribution in [0.15, 0.2) is 77.7 Å². The second kappa shape index (κ2) is 10.9. The Morgan fingerprint density at radius 1 is 0.846 bits per heavy atom. The van der Waals surface area contributed by atoms with Crippen LogP contribution in [0, 0.1) is 0 Å². The first-order valence-corrected chi connectivity index (χ1v) is 14.9. The summed E-state index contributed by atoms with van der Waals surface area (Å²) in [5.41, 5.74) is 3.54. The summed E-state index contributed by atoms with van der Waals surface area (Å²) >= 11 is 0. The van der Waals surface area contributed by atoms with Crippen molar-refractivity contribution in [3.05, 3.63) is 84.2 Å². The lowest BCUT2D eigenvalue weighted by Gasteiger charge is -2.34. The van der Waals surface area contributed by atoms with Crippen molar-refractivity contribution in [3.8, 4) is 5.75 Å². The summed E-state index contributed by atoms with van der Waals surface area (Å²) in [6, 6.07) is 23.4. The minimum Gasteiger partial charge on any atom is -0.497 e. The molecule has 0 unspecified atom stereocenters. The van der Waals surface area contributed by atoms with Gasteiger partial charge >= 0.3 is 0 Å². The van der Waals surface area contributed by atoms with E-state index in [1.54, 1.807) is 35.7 Å². The SMILES string of the molecule is COc1ccc(S(=O)(=O)N2CCN(CCc3nc(N4CCCc5ccccc54)c4ccccc4n3)CC2)cc1. The minimum atomic E-state index is -3.52. The predicted octanol–water partition coefficient (Wildman–Crippen LogP) is 4.27. The summed E-state index contributed by atoms with van der Waals surface area (Å²) < 4.78 is 33.0. The molecule has 2 aliphatic rings. The first-order chi connectivity index (χ1) is 19.0. The standard InChI is InChI=1S/C30H33N5O3S/c1-38-24-12-14-25(15-13-24)39(36,37)34-21-19-33(20-22-34)18-16-29-31-27-10-4-3-9-26(27)30(32-29)35-17-6-8-23-7-2-5-11-28(23)35/h2-5,7,9-15H,6,8,16-22H2,1H3. The molecule has 39 heavy (non-hydrogen) atoms. The van der Waals surface area contributed by atoms with E-state index in [4.69, 9.17) is 14.7 Å². The normalized spacial score (nSPS) is 16.8. The van der Waals surface area contributed by atoms with Crippen molar-refractivity contribution in [3.63, 3.8) is 0 Å². The summed E-state index contributed by atoms with van der Waals surface area (Å²) in [4.78, 5) is 14.9. The van der Waals surface area contributed by atoms with Crippen LogP contribution in [-0.2, 0) is 22.9 Å². The van der Waals surface area contributed by atoms with Crippen molar-refractivity contribution in [1.29, 1.82) is 0 Å². The Balaban J connectivity index is 1.16. The van der Waals surface area contributed by atoms with Crippen molar-refractivity contribution >= 4 is 32.4 Å². The van der Waals surface area contributed by atoms with Crippen LogP contribution in [0.3, 0.4) is 0 Å². The maximum Gasteiger partial charge on any atom is 0.243 e.